The maximum Gasteiger partial charge on any atom is 0.253 e. The number of rotatable bonds is 3. The molecule has 1 aromatic carbocycles. The number of likely N-dealkylation sites (tertiary alicyclic amines) is 1. The van der Waals surface area contributed by atoms with Gasteiger partial charge in [0, 0.05) is 30.1 Å². The summed E-state index contributed by atoms with van der Waals surface area (Å²) in [5, 5.41) is 7.34. The SMILES string of the molecule is O=C(c1ccc(-c2n[nH]c(C3CC3)n2)cc1)N1CC2CCCC2C1. The molecule has 2 unspecified atom stereocenters. The van der Waals surface area contributed by atoms with Crippen molar-refractivity contribution in [1.82, 2.24) is 20.1 Å². The summed E-state index contributed by atoms with van der Waals surface area (Å²) >= 11 is 0. The van der Waals surface area contributed by atoms with Crippen LogP contribution >= 0.6 is 0 Å². The van der Waals surface area contributed by atoms with Gasteiger partial charge in [0.1, 0.15) is 5.82 Å². The number of carbonyl (C=O) groups is 1. The second kappa shape index (κ2) is 5.43. The standard InChI is InChI=1S/C19H22N4O/c24-19(23-10-15-2-1-3-16(15)11-23)14-8-6-13(7-9-14)18-20-17(21-22-18)12-4-5-12/h6-9,12,15-16H,1-5,10-11H2,(H,20,21,22). The molecule has 2 atom stereocenters. The van der Waals surface area contributed by atoms with Gasteiger partial charge in [-0.05, 0) is 49.7 Å². The van der Waals surface area contributed by atoms with E-state index in [4.69, 9.17) is 0 Å². The molecule has 2 heterocycles. The number of amides is 1. The molecule has 1 amide bonds. The molecular formula is C19H22N4O. The highest BCUT2D eigenvalue weighted by Crippen LogP contribution is 2.39. The Labute approximate surface area is 141 Å². The lowest BCUT2D eigenvalue weighted by atomic mass is 10.0. The van der Waals surface area contributed by atoms with E-state index in [1.54, 1.807) is 0 Å². The number of aromatic nitrogens is 3. The Morgan fingerprint density at radius 3 is 2.42 bits per heavy atom. The minimum atomic E-state index is 0.171. The van der Waals surface area contributed by atoms with Crippen molar-refractivity contribution in [3.63, 3.8) is 0 Å². The van der Waals surface area contributed by atoms with Crippen LogP contribution in [0.4, 0.5) is 0 Å². The second-order valence-corrected chi connectivity index (χ2v) is 7.56. The number of nitrogens with zero attached hydrogens (tertiary/aromatic N) is 3. The summed E-state index contributed by atoms with van der Waals surface area (Å²) in [5.74, 6) is 3.94. The average molecular weight is 322 g/mol. The zero-order chi connectivity index (χ0) is 16.1. The van der Waals surface area contributed by atoms with Crippen molar-refractivity contribution in [2.75, 3.05) is 13.1 Å². The Hall–Kier alpha value is -2.17. The number of hydrogen-bond acceptors (Lipinski definition) is 3. The van der Waals surface area contributed by atoms with Crippen molar-refractivity contribution in [2.24, 2.45) is 11.8 Å². The number of aromatic amines is 1. The van der Waals surface area contributed by atoms with E-state index in [0.717, 1.165) is 47.7 Å². The molecule has 24 heavy (non-hydrogen) atoms. The normalized spacial score (nSPS) is 25.9. The van der Waals surface area contributed by atoms with Crippen LogP contribution in [0.1, 0.15) is 54.2 Å². The molecule has 3 fully saturated rings. The van der Waals surface area contributed by atoms with Gasteiger partial charge in [-0.1, -0.05) is 18.6 Å². The molecule has 1 aromatic heterocycles. The summed E-state index contributed by atoms with van der Waals surface area (Å²) in [6.07, 6.45) is 6.34. The topological polar surface area (TPSA) is 61.9 Å². The highest BCUT2D eigenvalue weighted by atomic mass is 16.2. The maximum atomic E-state index is 12.7. The van der Waals surface area contributed by atoms with Crippen LogP contribution in [0.5, 0.6) is 0 Å². The first-order valence-electron chi connectivity index (χ1n) is 9.10. The lowest BCUT2D eigenvalue weighted by molar-refractivity contribution is 0.0780. The van der Waals surface area contributed by atoms with Crippen LogP contribution in [0, 0.1) is 11.8 Å². The zero-order valence-electron chi connectivity index (χ0n) is 13.7. The van der Waals surface area contributed by atoms with Crippen LogP contribution in [0.25, 0.3) is 11.4 Å². The van der Waals surface area contributed by atoms with Crippen LogP contribution < -0.4 is 0 Å². The third-order valence-corrected chi connectivity index (χ3v) is 5.87. The summed E-state index contributed by atoms with van der Waals surface area (Å²) in [7, 11) is 0. The molecule has 5 heteroatoms. The minimum Gasteiger partial charge on any atom is -0.338 e. The van der Waals surface area contributed by atoms with E-state index >= 15 is 0 Å². The molecule has 2 saturated carbocycles. The quantitative estimate of drug-likeness (QED) is 0.944. The first-order valence-corrected chi connectivity index (χ1v) is 9.10. The fourth-order valence-corrected chi connectivity index (χ4v) is 4.29. The number of fused-ring (bicyclic) bond motifs is 1. The molecule has 0 spiro atoms. The lowest BCUT2D eigenvalue weighted by Crippen LogP contribution is -2.29. The van der Waals surface area contributed by atoms with E-state index in [9.17, 15) is 4.79 Å². The molecular weight excluding hydrogens is 300 g/mol. The number of nitrogens with one attached hydrogen (secondary N) is 1. The molecule has 2 aliphatic carbocycles. The van der Waals surface area contributed by atoms with E-state index in [-0.39, 0.29) is 5.91 Å². The van der Waals surface area contributed by atoms with Crippen LogP contribution in [0.15, 0.2) is 24.3 Å². The van der Waals surface area contributed by atoms with E-state index in [1.165, 1.54) is 32.1 Å². The van der Waals surface area contributed by atoms with Crippen LogP contribution in [0.3, 0.4) is 0 Å². The van der Waals surface area contributed by atoms with Crippen molar-refractivity contribution in [3.8, 4) is 11.4 Å². The summed E-state index contributed by atoms with van der Waals surface area (Å²) in [5.41, 5.74) is 1.74. The molecule has 3 aliphatic rings. The van der Waals surface area contributed by atoms with Gasteiger partial charge in [-0.25, -0.2) is 4.98 Å². The third-order valence-electron chi connectivity index (χ3n) is 5.87. The van der Waals surface area contributed by atoms with Gasteiger partial charge in [-0.15, -0.1) is 0 Å². The fourth-order valence-electron chi connectivity index (χ4n) is 4.29. The molecule has 0 bridgehead atoms. The molecule has 2 aromatic rings. The molecule has 124 valence electrons. The number of hydrogen-bond donors (Lipinski definition) is 1. The fraction of sp³-hybridized carbons (Fsp3) is 0.526. The Morgan fingerprint density at radius 2 is 1.75 bits per heavy atom. The van der Waals surface area contributed by atoms with Crippen molar-refractivity contribution in [3.05, 3.63) is 35.7 Å². The van der Waals surface area contributed by atoms with Gasteiger partial charge in [0.2, 0.25) is 0 Å². The second-order valence-electron chi connectivity index (χ2n) is 7.56. The molecule has 0 radical (unpaired) electrons. The smallest absolute Gasteiger partial charge is 0.253 e. The molecule has 1 N–H and O–H groups in total. The minimum absolute atomic E-state index is 0.171. The van der Waals surface area contributed by atoms with E-state index in [2.05, 4.69) is 15.2 Å². The third kappa shape index (κ3) is 2.43. The van der Waals surface area contributed by atoms with Gasteiger partial charge in [-0.3, -0.25) is 9.89 Å². The monoisotopic (exact) mass is 322 g/mol. The summed E-state index contributed by atoms with van der Waals surface area (Å²) in [6.45, 7) is 1.88. The van der Waals surface area contributed by atoms with Crippen LogP contribution in [-0.4, -0.2) is 39.1 Å². The summed E-state index contributed by atoms with van der Waals surface area (Å²) < 4.78 is 0. The Morgan fingerprint density at radius 1 is 1.04 bits per heavy atom. The van der Waals surface area contributed by atoms with Gasteiger partial charge < -0.3 is 4.90 Å². The maximum absolute atomic E-state index is 12.7. The molecule has 5 nitrogen and oxygen atoms in total. The number of H-pyrrole nitrogens is 1. The molecule has 5 rings (SSSR count). The first-order chi connectivity index (χ1) is 11.8. The van der Waals surface area contributed by atoms with E-state index in [0.29, 0.717) is 5.92 Å². The first kappa shape index (κ1) is 14.2. The lowest BCUT2D eigenvalue weighted by Gasteiger charge is -2.17. The van der Waals surface area contributed by atoms with Gasteiger partial charge in [0.05, 0.1) is 0 Å². The van der Waals surface area contributed by atoms with Crippen molar-refractivity contribution in [2.45, 2.75) is 38.0 Å². The highest BCUT2D eigenvalue weighted by Gasteiger charge is 2.38. The van der Waals surface area contributed by atoms with Crippen molar-refractivity contribution in [1.29, 1.82) is 0 Å². The largest absolute Gasteiger partial charge is 0.338 e. The predicted molar refractivity (Wildman–Crippen MR) is 90.5 cm³/mol. The average Bonchev–Trinajstić information content (AvgIpc) is 3.01. The van der Waals surface area contributed by atoms with Crippen molar-refractivity contribution >= 4 is 5.91 Å². The van der Waals surface area contributed by atoms with Crippen molar-refractivity contribution < 1.29 is 4.79 Å². The molecule has 1 aliphatic heterocycles. The number of benzene rings is 1. The predicted octanol–water partition coefficient (Wildman–Crippen LogP) is 3.22. The van der Waals surface area contributed by atoms with Gasteiger partial charge >= 0.3 is 0 Å². The Kier molecular flexibility index (Phi) is 3.21. The summed E-state index contributed by atoms with van der Waals surface area (Å²) in [4.78, 5) is 19.3. The van der Waals surface area contributed by atoms with E-state index < -0.39 is 0 Å². The zero-order valence-corrected chi connectivity index (χ0v) is 13.7. The van der Waals surface area contributed by atoms with Gasteiger partial charge in [0.25, 0.3) is 5.91 Å². The van der Waals surface area contributed by atoms with E-state index in [1.807, 2.05) is 29.2 Å². The molecule has 1 saturated heterocycles. The van der Waals surface area contributed by atoms with Crippen LogP contribution in [0.2, 0.25) is 0 Å². The Balaban J connectivity index is 1.31. The highest BCUT2D eigenvalue weighted by molar-refractivity contribution is 5.94. The van der Waals surface area contributed by atoms with Crippen LogP contribution in [-0.2, 0) is 0 Å². The summed E-state index contributed by atoms with van der Waals surface area (Å²) in [6, 6.07) is 7.76. The van der Waals surface area contributed by atoms with Gasteiger partial charge in [0.15, 0.2) is 5.82 Å². The number of carbonyl (C=O) groups excluding carboxylic acids is 1. The van der Waals surface area contributed by atoms with Gasteiger partial charge in [-0.2, -0.15) is 5.10 Å². The Bertz CT molecular complexity index is 750.